The van der Waals surface area contributed by atoms with Crippen molar-refractivity contribution in [3.05, 3.63) is 48.7 Å². The third-order valence-corrected chi connectivity index (χ3v) is 3.08. The lowest BCUT2D eigenvalue weighted by molar-refractivity contribution is 1.32. The molecule has 0 saturated heterocycles. The first-order valence-corrected chi connectivity index (χ1v) is 5.73. The average Bonchev–Trinajstić information content (AvgIpc) is 2.74. The molecule has 0 atom stereocenters. The van der Waals surface area contributed by atoms with Crippen molar-refractivity contribution in [2.45, 2.75) is 0 Å². The van der Waals surface area contributed by atoms with Crippen molar-refractivity contribution in [1.29, 1.82) is 0 Å². The van der Waals surface area contributed by atoms with Crippen molar-refractivity contribution < 1.29 is 0 Å². The zero-order valence-electron chi connectivity index (χ0n) is 8.42. The number of nitrogens with one attached hydrogen (secondary N) is 1. The highest BCUT2D eigenvalue weighted by atomic mass is 32.1. The van der Waals surface area contributed by atoms with Gasteiger partial charge in [-0.05, 0) is 35.8 Å². The van der Waals surface area contributed by atoms with E-state index in [1.54, 1.807) is 6.20 Å². The number of benzene rings is 1. The van der Waals surface area contributed by atoms with Gasteiger partial charge in [0, 0.05) is 11.6 Å². The summed E-state index contributed by atoms with van der Waals surface area (Å²) in [5.41, 5.74) is 1.02. The maximum Gasteiger partial charge on any atom is 0.130 e. The molecule has 0 aliphatic rings. The van der Waals surface area contributed by atoms with Gasteiger partial charge in [-0.2, -0.15) is 4.37 Å². The van der Waals surface area contributed by atoms with Crippen LogP contribution in [0.3, 0.4) is 0 Å². The molecule has 0 fully saturated rings. The minimum Gasteiger partial charge on any atom is -0.330 e. The van der Waals surface area contributed by atoms with Gasteiger partial charge in [-0.15, -0.1) is 0 Å². The van der Waals surface area contributed by atoms with Crippen LogP contribution in [0.15, 0.2) is 48.7 Å². The van der Waals surface area contributed by atoms with Crippen LogP contribution in [0.2, 0.25) is 0 Å². The van der Waals surface area contributed by atoms with E-state index in [9.17, 15) is 0 Å². The summed E-state index contributed by atoms with van der Waals surface area (Å²) in [6.07, 6.45) is 1.77. The second-order valence-corrected chi connectivity index (χ2v) is 4.14. The highest BCUT2D eigenvalue weighted by Crippen LogP contribution is 2.29. The fourth-order valence-electron chi connectivity index (χ4n) is 1.53. The number of hydrogen-bond donors (Lipinski definition) is 1. The van der Waals surface area contributed by atoms with Crippen LogP contribution in [0.4, 0.5) is 10.8 Å². The van der Waals surface area contributed by atoms with E-state index in [4.69, 9.17) is 0 Å². The van der Waals surface area contributed by atoms with Crippen LogP contribution in [-0.2, 0) is 0 Å². The molecule has 0 aliphatic heterocycles. The van der Waals surface area contributed by atoms with E-state index in [1.165, 1.54) is 11.5 Å². The van der Waals surface area contributed by atoms with Crippen LogP contribution < -0.4 is 5.32 Å². The van der Waals surface area contributed by atoms with E-state index >= 15 is 0 Å². The van der Waals surface area contributed by atoms with Crippen LogP contribution >= 0.6 is 11.5 Å². The fourth-order valence-corrected chi connectivity index (χ4v) is 2.30. The number of rotatable bonds is 2. The predicted octanol–water partition coefficient (Wildman–Crippen LogP) is 3.43. The minimum absolute atomic E-state index is 0.844. The van der Waals surface area contributed by atoms with Crippen LogP contribution in [0.25, 0.3) is 10.9 Å². The SMILES string of the molecule is c1ccc(Nc2snc3ccccc23)nc1. The van der Waals surface area contributed by atoms with Gasteiger partial charge in [0.15, 0.2) is 0 Å². The quantitative estimate of drug-likeness (QED) is 0.728. The number of fused-ring (bicyclic) bond motifs is 1. The number of aromatic nitrogens is 2. The molecule has 2 heterocycles. The van der Waals surface area contributed by atoms with Crippen molar-refractivity contribution >= 4 is 33.3 Å². The standard InChI is InChI=1S/C12H9N3S/c1-2-6-10-9(5-1)12(16-15-10)14-11-7-3-4-8-13-11/h1-8H,(H,13,14). The van der Waals surface area contributed by atoms with E-state index in [2.05, 4.69) is 20.7 Å². The molecule has 2 aromatic heterocycles. The molecule has 16 heavy (non-hydrogen) atoms. The van der Waals surface area contributed by atoms with Gasteiger partial charge in [-0.3, -0.25) is 0 Å². The summed E-state index contributed by atoms with van der Waals surface area (Å²) in [5, 5.41) is 5.45. The van der Waals surface area contributed by atoms with Gasteiger partial charge in [0.05, 0.1) is 5.52 Å². The Hall–Kier alpha value is -1.94. The molecular formula is C12H9N3S. The van der Waals surface area contributed by atoms with Gasteiger partial charge in [0.1, 0.15) is 10.8 Å². The molecule has 0 spiro atoms. The highest BCUT2D eigenvalue weighted by molar-refractivity contribution is 7.11. The Labute approximate surface area is 96.9 Å². The van der Waals surface area contributed by atoms with Gasteiger partial charge in [0.2, 0.25) is 0 Å². The summed E-state index contributed by atoms with van der Waals surface area (Å²) in [6.45, 7) is 0. The number of anilines is 2. The second-order valence-electron chi connectivity index (χ2n) is 3.37. The molecule has 3 aromatic rings. The van der Waals surface area contributed by atoms with Gasteiger partial charge in [-0.25, -0.2) is 4.98 Å². The Bertz CT molecular complexity index is 604. The average molecular weight is 227 g/mol. The molecule has 78 valence electrons. The topological polar surface area (TPSA) is 37.8 Å². The lowest BCUT2D eigenvalue weighted by atomic mass is 10.2. The molecule has 3 rings (SSSR count). The third-order valence-electron chi connectivity index (χ3n) is 2.29. The molecule has 1 N–H and O–H groups in total. The normalized spacial score (nSPS) is 10.5. The summed E-state index contributed by atoms with van der Waals surface area (Å²) in [4.78, 5) is 4.23. The van der Waals surface area contributed by atoms with E-state index in [1.807, 2.05) is 36.4 Å². The van der Waals surface area contributed by atoms with Crippen LogP contribution in [0.1, 0.15) is 0 Å². The molecular weight excluding hydrogens is 218 g/mol. The highest BCUT2D eigenvalue weighted by Gasteiger charge is 2.04. The maximum absolute atomic E-state index is 4.37. The fraction of sp³-hybridized carbons (Fsp3) is 0. The van der Waals surface area contributed by atoms with Crippen LogP contribution in [0.5, 0.6) is 0 Å². The summed E-state index contributed by atoms with van der Waals surface area (Å²) in [5.74, 6) is 0.844. The summed E-state index contributed by atoms with van der Waals surface area (Å²) >= 11 is 1.46. The van der Waals surface area contributed by atoms with Crippen molar-refractivity contribution in [3.8, 4) is 0 Å². The van der Waals surface area contributed by atoms with Crippen molar-refractivity contribution in [2.24, 2.45) is 0 Å². The maximum atomic E-state index is 4.37. The Morgan fingerprint density at radius 2 is 1.88 bits per heavy atom. The Morgan fingerprint density at radius 3 is 2.75 bits per heavy atom. The molecule has 0 bridgehead atoms. The first-order chi connectivity index (χ1) is 7.93. The Morgan fingerprint density at radius 1 is 1.00 bits per heavy atom. The van der Waals surface area contributed by atoms with E-state index in [0.717, 1.165) is 21.7 Å². The lowest BCUT2D eigenvalue weighted by Gasteiger charge is -2.01. The van der Waals surface area contributed by atoms with E-state index in [-0.39, 0.29) is 0 Å². The molecule has 3 nitrogen and oxygen atoms in total. The van der Waals surface area contributed by atoms with E-state index < -0.39 is 0 Å². The third kappa shape index (κ3) is 1.63. The largest absolute Gasteiger partial charge is 0.330 e. The van der Waals surface area contributed by atoms with Crippen molar-refractivity contribution in [1.82, 2.24) is 9.36 Å². The van der Waals surface area contributed by atoms with Gasteiger partial charge in [-0.1, -0.05) is 18.2 Å². The number of hydrogen-bond acceptors (Lipinski definition) is 4. The molecule has 0 amide bonds. The number of pyridine rings is 1. The monoisotopic (exact) mass is 227 g/mol. The smallest absolute Gasteiger partial charge is 0.130 e. The van der Waals surface area contributed by atoms with Gasteiger partial charge < -0.3 is 5.32 Å². The molecule has 0 radical (unpaired) electrons. The molecule has 0 unspecified atom stereocenters. The summed E-state index contributed by atoms with van der Waals surface area (Å²) < 4.78 is 4.37. The minimum atomic E-state index is 0.844. The molecule has 4 heteroatoms. The Kier molecular flexibility index (Phi) is 2.27. The van der Waals surface area contributed by atoms with Crippen LogP contribution in [0, 0.1) is 0 Å². The predicted molar refractivity (Wildman–Crippen MR) is 67.1 cm³/mol. The van der Waals surface area contributed by atoms with Crippen molar-refractivity contribution in [3.63, 3.8) is 0 Å². The zero-order chi connectivity index (χ0) is 10.8. The lowest BCUT2D eigenvalue weighted by Crippen LogP contribution is -1.89. The van der Waals surface area contributed by atoms with Gasteiger partial charge in [0.25, 0.3) is 0 Å². The Balaban J connectivity index is 2.01. The van der Waals surface area contributed by atoms with Crippen molar-refractivity contribution in [2.75, 3.05) is 5.32 Å². The first kappa shape index (κ1) is 9.30. The molecule has 0 aliphatic carbocycles. The molecule has 1 aromatic carbocycles. The molecule has 0 saturated carbocycles. The second kappa shape index (κ2) is 3.90. The zero-order valence-corrected chi connectivity index (χ0v) is 9.24. The first-order valence-electron chi connectivity index (χ1n) is 4.96. The number of nitrogens with zero attached hydrogens (tertiary/aromatic N) is 2. The summed E-state index contributed by atoms with van der Waals surface area (Å²) in [7, 11) is 0. The van der Waals surface area contributed by atoms with E-state index in [0.29, 0.717) is 0 Å². The summed E-state index contributed by atoms with van der Waals surface area (Å²) in [6, 6.07) is 13.9. The van der Waals surface area contributed by atoms with Gasteiger partial charge >= 0.3 is 0 Å². The van der Waals surface area contributed by atoms with Crippen LogP contribution in [-0.4, -0.2) is 9.36 Å².